The van der Waals surface area contributed by atoms with E-state index in [2.05, 4.69) is 9.97 Å². The van der Waals surface area contributed by atoms with E-state index in [-0.39, 0.29) is 17.1 Å². The molecule has 2 aromatic rings. The van der Waals surface area contributed by atoms with Crippen LogP contribution in [0.15, 0.2) is 15.8 Å². The third-order valence-electron chi connectivity index (χ3n) is 3.82. The summed E-state index contributed by atoms with van der Waals surface area (Å²) < 4.78 is 7.27. The Bertz CT molecular complexity index is 877. The highest BCUT2D eigenvalue weighted by Crippen LogP contribution is 2.29. The third kappa shape index (κ3) is 2.21. The molecule has 1 aliphatic heterocycles. The highest BCUT2D eigenvalue weighted by atomic mass is 16.6. The van der Waals surface area contributed by atoms with Gasteiger partial charge in [0.2, 0.25) is 5.95 Å². The van der Waals surface area contributed by atoms with Gasteiger partial charge in [-0.3, -0.25) is 18.7 Å². The van der Waals surface area contributed by atoms with Gasteiger partial charge in [0.05, 0.1) is 12.8 Å². The Morgan fingerprint density at radius 2 is 2.04 bits per heavy atom. The zero-order valence-corrected chi connectivity index (χ0v) is 12.0. The maximum absolute atomic E-state index is 12.2. The van der Waals surface area contributed by atoms with E-state index >= 15 is 0 Å². The van der Waals surface area contributed by atoms with Gasteiger partial charge in [0.15, 0.2) is 17.4 Å². The number of nitrogen functional groups attached to an aromatic ring is 1. The molecule has 0 spiro atoms. The van der Waals surface area contributed by atoms with Crippen molar-refractivity contribution >= 4 is 17.1 Å². The highest BCUT2D eigenvalue weighted by Gasteiger charge is 2.44. The van der Waals surface area contributed by atoms with Crippen LogP contribution in [0.3, 0.4) is 0 Å². The maximum atomic E-state index is 12.2. The Hall–Kier alpha value is -2.34. The molecule has 4 atom stereocenters. The summed E-state index contributed by atoms with van der Waals surface area (Å²) in [6, 6.07) is 0. The number of hydrogen-bond donors (Lipinski definition) is 4. The van der Waals surface area contributed by atoms with Crippen molar-refractivity contribution in [2.24, 2.45) is 7.05 Å². The van der Waals surface area contributed by atoms with Crippen LogP contribution in [-0.4, -0.2) is 59.3 Å². The Morgan fingerprint density at radius 1 is 1.35 bits per heavy atom. The van der Waals surface area contributed by atoms with Gasteiger partial charge in [0.25, 0.3) is 11.1 Å². The molecular formula is C12H15N5O6. The first-order chi connectivity index (χ1) is 10.9. The fourth-order valence-corrected chi connectivity index (χ4v) is 2.50. The number of fused-ring (bicyclic) bond motifs is 1. The SMILES string of the molecule is Cn1c(N)nc2c(ncc(=O)n2[C@@H]2O[C@H](CO)[C@@H](O)[C@H]2O)c1=O. The van der Waals surface area contributed by atoms with E-state index in [0.717, 1.165) is 15.3 Å². The Labute approximate surface area is 128 Å². The van der Waals surface area contributed by atoms with Gasteiger partial charge in [-0.1, -0.05) is 0 Å². The molecule has 0 aliphatic carbocycles. The van der Waals surface area contributed by atoms with Crippen LogP contribution >= 0.6 is 0 Å². The van der Waals surface area contributed by atoms with E-state index in [4.69, 9.17) is 15.6 Å². The number of nitrogens with two attached hydrogens (primary N) is 1. The van der Waals surface area contributed by atoms with Crippen molar-refractivity contribution in [3.63, 3.8) is 0 Å². The fourth-order valence-electron chi connectivity index (χ4n) is 2.50. The number of aliphatic hydroxyl groups is 3. The zero-order chi connectivity index (χ0) is 16.9. The van der Waals surface area contributed by atoms with Crippen LogP contribution in [0.2, 0.25) is 0 Å². The molecule has 11 nitrogen and oxygen atoms in total. The molecule has 11 heteroatoms. The first-order valence-electron chi connectivity index (χ1n) is 6.73. The van der Waals surface area contributed by atoms with Gasteiger partial charge in [-0.15, -0.1) is 0 Å². The molecule has 2 aromatic heterocycles. The average Bonchev–Trinajstić information content (AvgIpc) is 2.80. The van der Waals surface area contributed by atoms with E-state index < -0.39 is 42.3 Å². The van der Waals surface area contributed by atoms with Crippen LogP contribution in [0.4, 0.5) is 5.95 Å². The number of nitrogens with zero attached hydrogens (tertiary/aromatic N) is 4. The van der Waals surface area contributed by atoms with Gasteiger partial charge in [-0.25, -0.2) is 4.98 Å². The number of aliphatic hydroxyl groups excluding tert-OH is 3. The van der Waals surface area contributed by atoms with E-state index in [0.29, 0.717) is 0 Å². The molecule has 5 N–H and O–H groups in total. The van der Waals surface area contributed by atoms with Crippen LogP contribution in [-0.2, 0) is 11.8 Å². The van der Waals surface area contributed by atoms with Crippen LogP contribution in [0, 0.1) is 0 Å². The Morgan fingerprint density at radius 3 is 2.65 bits per heavy atom. The van der Waals surface area contributed by atoms with Crippen LogP contribution in [0.5, 0.6) is 0 Å². The van der Waals surface area contributed by atoms with Gasteiger partial charge < -0.3 is 25.8 Å². The molecule has 0 amide bonds. The number of rotatable bonds is 2. The highest BCUT2D eigenvalue weighted by molar-refractivity contribution is 5.70. The normalized spacial score (nSPS) is 27.7. The molecule has 0 aromatic carbocycles. The lowest BCUT2D eigenvalue weighted by molar-refractivity contribution is -0.0525. The minimum absolute atomic E-state index is 0.140. The van der Waals surface area contributed by atoms with Crippen molar-refractivity contribution in [1.29, 1.82) is 0 Å². The summed E-state index contributed by atoms with van der Waals surface area (Å²) in [5.41, 5.74) is 4.05. The summed E-state index contributed by atoms with van der Waals surface area (Å²) in [4.78, 5) is 32.0. The number of anilines is 1. The lowest BCUT2D eigenvalue weighted by Gasteiger charge is -2.19. The summed E-state index contributed by atoms with van der Waals surface area (Å²) in [5.74, 6) is -0.157. The molecule has 3 heterocycles. The van der Waals surface area contributed by atoms with E-state index in [1.54, 1.807) is 0 Å². The van der Waals surface area contributed by atoms with Gasteiger partial charge in [-0.05, 0) is 0 Å². The van der Waals surface area contributed by atoms with Crippen molar-refractivity contribution in [1.82, 2.24) is 19.1 Å². The predicted molar refractivity (Wildman–Crippen MR) is 76.5 cm³/mol. The molecule has 3 rings (SSSR count). The van der Waals surface area contributed by atoms with E-state index in [9.17, 15) is 19.8 Å². The first-order valence-corrected chi connectivity index (χ1v) is 6.73. The number of ether oxygens (including phenoxy) is 1. The summed E-state index contributed by atoms with van der Waals surface area (Å²) in [6.45, 7) is -0.552. The van der Waals surface area contributed by atoms with Crippen LogP contribution in [0.25, 0.3) is 11.2 Å². The molecule has 0 radical (unpaired) electrons. The minimum atomic E-state index is -1.50. The Balaban J connectivity index is 2.28. The molecule has 1 aliphatic rings. The second kappa shape index (κ2) is 5.38. The van der Waals surface area contributed by atoms with Crippen molar-refractivity contribution in [2.75, 3.05) is 12.3 Å². The summed E-state index contributed by atoms with van der Waals surface area (Å²) >= 11 is 0. The molecule has 124 valence electrons. The Kier molecular flexibility index (Phi) is 3.64. The molecule has 1 fully saturated rings. The quantitative estimate of drug-likeness (QED) is 0.442. The lowest BCUT2D eigenvalue weighted by Crippen LogP contribution is -2.37. The largest absolute Gasteiger partial charge is 0.394 e. The monoisotopic (exact) mass is 325 g/mol. The summed E-state index contributed by atoms with van der Waals surface area (Å²) in [7, 11) is 1.40. The second-order valence-corrected chi connectivity index (χ2v) is 5.20. The molecule has 0 saturated carbocycles. The summed E-state index contributed by atoms with van der Waals surface area (Å²) in [5, 5.41) is 29.1. The maximum Gasteiger partial charge on any atom is 0.282 e. The number of hydrogen-bond acceptors (Lipinski definition) is 9. The van der Waals surface area contributed by atoms with Gasteiger partial charge >= 0.3 is 0 Å². The topological polar surface area (TPSA) is 166 Å². The van der Waals surface area contributed by atoms with Crippen LogP contribution in [0.1, 0.15) is 6.23 Å². The standard InChI is InChI=1S/C12H15N5O6/c1-16-10(22)6-9(15-12(16)13)17(5(19)2-14-6)11-8(21)7(20)4(3-18)23-11/h2,4,7-8,11,18,20-21H,3H2,1H3,(H2,13,15)/t4-,7-,8-,11-/m1/s1. The molecule has 23 heavy (non-hydrogen) atoms. The molecule has 0 unspecified atom stereocenters. The van der Waals surface area contributed by atoms with Gasteiger partial charge in [0, 0.05) is 7.05 Å². The molecular weight excluding hydrogens is 310 g/mol. The van der Waals surface area contributed by atoms with E-state index in [1.165, 1.54) is 7.05 Å². The lowest BCUT2D eigenvalue weighted by atomic mass is 10.1. The van der Waals surface area contributed by atoms with Crippen molar-refractivity contribution in [3.8, 4) is 0 Å². The van der Waals surface area contributed by atoms with Gasteiger partial charge in [0.1, 0.15) is 18.3 Å². The minimum Gasteiger partial charge on any atom is -0.394 e. The number of aromatic nitrogens is 4. The third-order valence-corrected chi connectivity index (χ3v) is 3.82. The zero-order valence-electron chi connectivity index (χ0n) is 12.0. The van der Waals surface area contributed by atoms with Crippen molar-refractivity contribution < 1.29 is 20.1 Å². The van der Waals surface area contributed by atoms with Crippen LogP contribution < -0.4 is 16.9 Å². The molecule has 0 bridgehead atoms. The fraction of sp³-hybridized carbons (Fsp3) is 0.500. The van der Waals surface area contributed by atoms with Crippen molar-refractivity contribution in [2.45, 2.75) is 24.5 Å². The average molecular weight is 325 g/mol. The first kappa shape index (κ1) is 15.6. The predicted octanol–water partition coefficient (Wildman–Crippen LogP) is -3.32. The second-order valence-electron chi connectivity index (χ2n) is 5.20. The van der Waals surface area contributed by atoms with Gasteiger partial charge in [-0.2, -0.15) is 4.98 Å². The molecule has 1 saturated heterocycles. The van der Waals surface area contributed by atoms with Crippen molar-refractivity contribution in [3.05, 3.63) is 26.9 Å². The van der Waals surface area contributed by atoms with E-state index in [1.807, 2.05) is 0 Å². The smallest absolute Gasteiger partial charge is 0.282 e. The summed E-state index contributed by atoms with van der Waals surface area (Å²) in [6.07, 6.45) is -4.42.